The fourth-order valence-corrected chi connectivity index (χ4v) is 8.45. The van der Waals surface area contributed by atoms with Crippen molar-refractivity contribution in [3.8, 4) is 0 Å². The normalized spacial score (nSPS) is 38.1. The van der Waals surface area contributed by atoms with Crippen LogP contribution in [-0.2, 0) is 18.9 Å². The molecule has 4 saturated heterocycles. The van der Waals surface area contributed by atoms with Gasteiger partial charge >= 0.3 is 0 Å². The summed E-state index contributed by atoms with van der Waals surface area (Å²) < 4.78 is 24.5. The predicted molar refractivity (Wildman–Crippen MR) is 163 cm³/mol. The van der Waals surface area contributed by atoms with Crippen LogP contribution in [0.5, 0.6) is 0 Å². The smallest absolute Gasteiger partial charge is 0.0745 e. The first-order valence-corrected chi connectivity index (χ1v) is 16.4. The maximum Gasteiger partial charge on any atom is 0.0745 e. The van der Waals surface area contributed by atoms with Crippen LogP contribution in [0.2, 0.25) is 0 Å². The summed E-state index contributed by atoms with van der Waals surface area (Å²) in [6.45, 7) is 34.6. The van der Waals surface area contributed by atoms with Crippen LogP contribution in [0.3, 0.4) is 0 Å². The van der Waals surface area contributed by atoms with Crippen molar-refractivity contribution in [3.63, 3.8) is 0 Å². The maximum absolute atomic E-state index is 6.46. The molecule has 4 nitrogen and oxygen atoms in total. The summed E-state index contributed by atoms with van der Waals surface area (Å²) >= 11 is 0. The Hall–Kier alpha value is -0.160. The van der Waals surface area contributed by atoms with Gasteiger partial charge in [-0.1, -0.05) is 83.1 Å². The Kier molecular flexibility index (Phi) is 15.4. The SMILES string of the molecule is CC.CC.CC(C)CC12CCOCC(C(C)O1)C2C(C)C.CC(C)CC12CCOCC(C(C)O1)C2C(C)C. The van der Waals surface area contributed by atoms with Crippen LogP contribution < -0.4 is 0 Å². The van der Waals surface area contributed by atoms with Gasteiger partial charge in [0, 0.05) is 37.9 Å². The molecule has 0 amide bonds. The molecule has 4 heteroatoms. The van der Waals surface area contributed by atoms with Gasteiger partial charge in [0.15, 0.2) is 0 Å². The van der Waals surface area contributed by atoms with Crippen molar-refractivity contribution in [2.24, 2.45) is 47.3 Å². The van der Waals surface area contributed by atoms with Crippen LogP contribution in [0.25, 0.3) is 0 Å². The van der Waals surface area contributed by atoms with E-state index in [1.165, 1.54) is 12.8 Å². The molecule has 38 heavy (non-hydrogen) atoms. The molecule has 0 aliphatic carbocycles. The minimum absolute atomic E-state index is 0.0862. The molecular weight excluding hydrogens is 472 g/mol. The van der Waals surface area contributed by atoms with Gasteiger partial charge in [0.25, 0.3) is 0 Å². The first-order chi connectivity index (χ1) is 17.9. The second-order valence-corrected chi connectivity index (χ2v) is 13.5. The summed E-state index contributed by atoms with van der Waals surface area (Å²) in [4.78, 5) is 0. The summed E-state index contributed by atoms with van der Waals surface area (Å²) in [6.07, 6.45) is 5.24. The molecule has 228 valence electrons. The van der Waals surface area contributed by atoms with Crippen LogP contribution in [0, 0.1) is 47.3 Å². The van der Waals surface area contributed by atoms with E-state index >= 15 is 0 Å². The van der Waals surface area contributed by atoms with Gasteiger partial charge < -0.3 is 18.9 Å². The monoisotopic (exact) mass is 541 g/mol. The van der Waals surface area contributed by atoms with Crippen molar-refractivity contribution in [3.05, 3.63) is 0 Å². The van der Waals surface area contributed by atoms with Crippen molar-refractivity contribution in [1.82, 2.24) is 0 Å². The number of rotatable bonds is 6. The Morgan fingerprint density at radius 1 is 0.579 bits per heavy atom. The average Bonchev–Trinajstić information content (AvgIpc) is 3.06. The largest absolute Gasteiger partial charge is 0.381 e. The third-order valence-electron chi connectivity index (χ3n) is 9.09. The van der Waals surface area contributed by atoms with E-state index in [-0.39, 0.29) is 11.2 Å². The third kappa shape index (κ3) is 8.43. The van der Waals surface area contributed by atoms with E-state index in [0.717, 1.165) is 39.3 Å². The van der Waals surface area contributed by atoms with Gasteiger partial charge in [0.1, 0.15) is 0 Å². The van der Waals surface area contributed by atoms with Gasteiger partial charge in [0.05, 0.1) is 36.6 Å². The van der Waals surface area contributed by atoms with E-state index in [4.69, 9.17) is 18.9 Å². The van der Waals surface area contributed by atoms with Gasteiger partial charge in [-0.15, -0.1) is 0 Å². The lowest BCUT2D eigenvalue weighted by atomic mass is 9.69. The summed E-state index contributed by atoms with van der Waals surface area (Å²) in [7, 11) is 0. The van der Waals surface area contributed by atoms with Gasteiger partial charge in [-0.3, -0.25) is 0 Å². The second kappa shape index (κ2) is 16.3. The Balaban J connectivity index is 0.000000336. The Morgan fingerprint density at radius 3 is 1.16 bits per heavy atom. The van der Waals surface area contributed by atoms with Crippen LogP contribution in [0.4, 0.5) is 0 Å². The van der Waals surface area contributed by atoms with Crippen molar-refractivity contribution < 1.29 is 18.9 Å². The summed E-state index contributed by atoms with van der Waals surface area (Å²) in [5, 5.41) is 0. The lowest BCUT2D eigenvalue weighted by molar-refractivity contribution is -0.0958. The van der Waals surface area contributed by atoms with E-state index in [1.54, 1.807) is 0 Å². The minimum Gasteiger partial charge on any atom is -0.381 e. The molecule has 0 aromatic rings. The maximum atomic E-state index is 6.46. The minimum atomic E-state index is 0.0862. The highest BCUT2D eigenvalue weighted by molar-refractivity contribution is 5.04. The summed E-state index contributed by atoms with van der Waals surface area (Å²) in [5.74, 6) is 5.29. The van der Waals surface area contributed by atoms with Crippen molar-refractivity contribution >= 4 is 0 Å². The fourth-order valence-electron chi connectivity index (χ4n) is 8.45. The molecule has 0 spiro atoms. The molecule has 4 rings (SSSR count). The zero-order valence-electron chi connectivity index (χ0n) is 28.1. The molecule has 8 atom stereocenters. The lowest BCUT2D eigenvalue weighted by Crippen LogP contribution is -2.41. The topological polar surface area (TPSA) is 36.9 Å². The van der Waals surface area contributed by atoms with Crippen LogP contribution in [0.1, 0.15) is 123 Å². The molecule has 4 aliphatic heterocycles. The zero-order valence-corrected chi connectivity index (χ0v) is 28.1. The molecule has 4 bridgehead atoms. The van der Waals surface area contributed by atoms with E-state index < -0.39 is 0 Å². The molecule has 0 aromatic heterocycles. The Bertz CT molecular complexity index is 570. The van der Waals surface area contributed by atoms with Gasteiger partial charge in [-0.05, 0) is 62.2 Å². The van der Waals surface area contributed by atoms with Crippen molar-refractivity contribution in [1.29, 1.82) is 0 Å². The van der Waals surface area contributed by atoms with Crippen LogP contribution in [-0.4, -0.2) is 49.8 Å². The summed E-state index contributed by atoms with van der Waals surface area (Å²) in [6, 6.07) is 0. The Morgan fingerprint density at radius 2 is 0.895 bits per heavy atom. The second-order valence-electron chi connectivity index (χ2n) is 13.5. The average molecular weight is 541 g/mol. The third-order valence-corrected chi connectivity index (χ3v) is 9.09. The standard InChI is InChI=1S/2C15H28O2.2C2H6/c2*1-10(2)8-15-6-7-16-9-13(12(5)17-15)14(15)11(3)4;2*1-2/h2*10-14H,6-9H2,1-5H3;2*1-2H3. The zero-order chi connectivity index (χ0) is 29.3. The first kappa shape index (κ1) is 35.9. The molecule has 8 unspecified atom stereocenters. The predicted octanol–water partition coefficient (Wildman–Crippen LogP) is 9.05. The van der Waals surface area contributed by atoms with E-state index in [2.05, 4.69) is 69.2 Å². The quantitative estimate of drug-likeness (QED) is 0.337. The fraction of sp³-hybridized carbons (Fsp3) is 1.00. The van der Waals surface area contributed by atoms with Gasteiger partial charge in [0.2, 0.25) is 0 Å². The molecule has 0 N–H and O–H groups in total. The molecular formula is C34H68O4. The highest BCUT2D eigenvalue weighted by atomic mass is 16.5. The lowest BCUT2D eigenvalue weighted by Gasteiger charge is -2.38. The highest BCUT2D eigenvalue weighted by Gasteiger charge is 2.56. The van der Waals surface area contributed by atoms with Gasteiger partial charge in [-0.25, -0.2) is 0 Å². The highest BCUT2D eigenvalue weighted by Crippen LogP contribution is 2.52. The molecule has 4 heterocycles. The molecule has 4 fully saturated rings. The first-order valence-electron chi connectivity index (χ1n) is 16.4. The van der Waals surface area contributed by atoms with Crippen LogP contribution in [0.15, 0.2) is 0 Å². The Labute approximate surface area is 238 Å². The molecule has 0 saturated carbocycles. The van der Waals surface area contributed by atoms with E-state index in [1.807, 2.05) is 27.7 Å². The van der Waals surface area contributed by atoms with Crippen molar-refractivity contribution in [2.45, 2.75) is 146 Å². The number of hydrogen-bond acceptors (Lipinski definition) is 4. The number of fused-ring (bicyclic) bond motifs is 4. The van der Waals surface area contributed by atoms with E-state index in [0.29, 0.717) is 59.6 Å². The number of ether oxygens (including phenoxy) is 4. The van der Waals surface area contributed by atoms with E-state index in [9.17, 15) is 0 Å². The molecule has 4 aliphatic rings. The summed E-state index contributed by atoms with van der Waals surface area (Å²) in [5.41, 5.74) is 0.172. The molecule has 0 radical (unpaired) electrons. The van der Waals surface area contributed by atoms with Crippen LogP contribution >= 0.6 is 0 Å². The molecule has 0 aromatic carbocycles. The van der Waals surface area contributed by atoms with Crippen molar-refractivity contribution in [2.75, 3.05) is 26.4 Å². The number of hydrogen-bond donors (Lipinski definition) is 0. The van der Waals surface area contributed by atoms with Gasteiger partial charge in [-0.2, -0.15) is 0 Å².